The van der Waals surface area contributed by atoms with Crippen LogP contribution in [-0.4, -0.2) is 20.0 Å². The molecule has 0 aliphatic heterocycles. The van der Waals surface area contributed by atoms with Crippen molar-refractivity contribution in [3.05, 3.63) is 23.3 Å². The Morgan fingerprint density at radius 1 is 1.21 bits per heavy atom. The van der Waals surface area contributed by atoms with Crippen molar-refractivity contribution in [2.75, 3.05) is 14.2 Å². The second-order valence-electron chi connectivity index (χ2n) is 4.14. The highest BCUT2D eigenvalue weighted by Crippen LogP contribution is 2.46. The Kier molecular flexibility index (Phi) is 2.71. The van der Waals surface area contributed by atoms with Crippen LogP contribution in [0.25, 0.3) is 21.1 Å². The van der Waals surface area contributed by atoms with Crippen molar-refractivity contribution in [3.63, 3.8) is 0 Å². The summed E-state index contributed by atoms with van der Waals surface area (Å²) in [6, 6.07) is 3.66. The number of hydrogen-bond acceptors (Lipinski definition) is 5. The van der Waals surface area contributed by atoms with Crippen molar-refractivity contribution < 1.29 is 18.7 Å². The predicted octanol–water partition coefficient (Wildman–Crippen LogP) is 3.87. The maximum Gasteiger partial charge on any atom is 0.194 e. The summed E-state index contributed by atoms with van der Waals surface area (Å²) in [6.45, 7) is 1.47. The molecule has 0 aliphatic carbocycles. The smallest absolute Gasteiger partial charge is 0.194 e. The number of Topliss-reactive ketones (excluding diaryl/α,β-unsaturated/α-hetero) is 1. The maximum atomic E-state index is 11.5. The second-order valence-corrected chi connectivity index (χ2v) is 5.06. The lowest BCUT2D eigenvalue weighted by Gasteiger charge is -2.07. The van der Waals surface area contributed by atoms with E-state index in [2.05, 4.69) is 0 Å². The van der Waals surface area contributed by atoms with Crippen LogP contribution in [0.2, 0.25) is 0 Å². The van der Waals surface area contributed by atoms with Gasteiger partial charge in [-0.2, -0.15) is 0 Å². The van der Waals surface area contributed by atoms with Gasteiger partial charge < -0.3 is 13.9 Å². The predicted molar refractivity (Wildman–Crippen MR) is 74.7 cm³/mol. The zero-order chi connectivity index (χ0) is 13.6. The van der Waals surface area contributed by atoms with Crippen molar-refractivity contribution in [2.24, 2.45) is 0 Å². The Morgan fingerprint density at radius 3 is 2.58 bits per heavy atom. The molecule has 5 heteroatoms. The molecule has 0 amide bonds. The zero-order valence-electron chi connectivity index (χ0n) is 10.8. The van der Waals surface area contributed by atoms with Crippen LogP contribution in [0.4, 0.5) is 0 Å². The first-order valence-electron chi connectivity index (χ1n) is 5.73. The average molecular weight is 276 g/mol. The van der Waals surface area contributed by atoms with Gasteiger partial charge in [-0.15, -0.1) is 11.3 Å². The first-order chi connectivity index (χ1) is 9.17. The Bertz CT molecular complexity index is 726. The van der Waals surface area contributed by atoms with E-state index in [0.29, 0.717) is 17.1 Å². The van der Waals surface area contributed by atoms with E-state index < -0.39 is 0 Å². The molecule has 0 fully saturated rings. The summed E-state index contributed by atoms with van der Waals surface area (Å²) in [7, 11) is 3.20. The molecule has 0 aliphatic rings. The van der Waals surface area contributed by atoms with Gasteiger partial charge in [0, 0.05) is 12.3 Å². The van der Waals surface area contributed by atoms with Crippen LogP contribution in [0.3, 0.4) is 0 Å². The van der Waals surface area contributed by atoms with Gasteiger partial charge in [-0.3, -0.25) is 4.79 Å². The van der Waals surface area contributed by atoms with Crippen molar-refractivity contribution in [1.29, 1.82) is 0 Å². The van der Waals surface area contributed by atoms with Crippen LogP contribution in [0.1, 0.15) is 17.5 Å². The summed E-state index contributed by atoms with van der Waals surface area (Å²) in [5.41, 5.74) is 0.551. The van der Waals surface area contributed by atoms with E-state index >= 15 is 0 Å². The number of thiophene rings is 1. The fraction of sp³-hybridized carbons (Fsp3) is 0.214. The lowest BCUT2D eigenvalue weighted by atomic mass is 10.1. The Labute approximate surface area is 113 Å². The number of rotatable bonds is 3. The average Bonchev–Trinajstić information content (AvgIpc) is 3.01. The van der Waals surface area contributed by atoms with Crippen LogP contribution < -0.4 is 9.47 Å². The number of ether oxygens (including phenoxy) is 2. The first kappa shape index (κ1) is 12.0. The van der Waals surface area contributed by atoms with Gasteiger partial charge in [0.2, 0.25) is 0 Å². The summed E-state index contributed by atoms with van der Waals surface area (Å²) in [4.78, 5) is 11.5. The molecule has 0 N–H and O–H groups in total. The molecule has 19 heavy (non-hydrogen) atoms. The van der Waals surface area contributed by atoms with E-state index in [1.54, 1.807) is 31.6 Å². The second kappa shape index (κ2) is 4.28. The number of fused-ring (bicyclic) bond motifs is 2. The largest absolute Gasteiger partial charge is 0.494 e. The molecule has 0 radical (unpaired) electrons. The monoisotopic (exact) mass is 276 g/mol. The van der Waals surface area contributed by atoms with E-state index in [9.17, 15) is 4.79 Å². The van der Waals surface area contributed by atoms with Gasteiger partial charge in [-0.1, -0.05) is 0 Å². The maximum absolute atomic E-state index is 11.5. The number of benzene rings is 1. The van der Waals surface area contributed by atoms with Crippen molar-refractivity contribution in [3.8, 4) is 11.5 Å². The first-order valence-corrected chi connectivity index (χ1v) is 6.61. The molecular weight excluding hydrogens is 264 g/mol. The molecule has 3 aromatic rings. The molecule has 0 atom stereocenters. The molecule has 0 unspecified atom stereocenters. The minimum absolute atomic E-state index is 0.122. The van der Waals surface area contributed by atoms with Gasteiger partial charge in [0.1, 0.15) is 5.75 Å². The molecule has 0 spiro atoms. The molecule has 0 saturated heterocycles. The molecule has 2 aromatic heterocycles. The number of carbonyl (C=O) groups excluding carboxylic acids is 1. The van der Waals surface area contributed by atoms with Crippen LogP contribution in [0.15, 0.2) is 21.9 Å². The molecule has 0 bridgehead atoms. The number of carbonyl (C=O) groups is 1. The number of furan rings is 1. The molecule has 0 saturated carbocycles. The van der Waals surface area contributed by atoms with E-state index in [4.69, 9.17) is 13.9 Å². The van der Waals surface area contributed by atoms with E-state index in [0.717, 1.165) is 21.2 Å². The molecule has 2 heterocycles. The third kappa shape index (κ3) is 1.62. The van der Waals surface area contributed by atoms with Crippen LogP contribution in [0, 0.1) is 0 Å². The van der Waals surface area contributed by atoms with Crippen LogP contribution >= 0.6 is 11.3 Å². The minimum atomic E-state index is -0.122. The minimum Gasteiger partial charge on any atom is -0.494 e. The molecular formula is C14H12O4S. The van der Waals surface area contributed by atoms with Crippen molar-refractivity contribution in [1.82, 2.24) is 0 Å². The van der Waals surface area contributed by atoms with E-state index in [1.165, 1.54) is 6.92 Å². The lowest BCUT2D eigenvalue weighted by molar-refractivity contribution is 0.0989. The third-order valence-corrected chi connectivity index (χ3v) is 3.97. The summed E-state index contributed by atoms with van der Waals surface area (Å²) in [5, 5.41) is 3.67. The summed E-state index contributed by atoms with van der Waals surface area (Å²) in [5.74, 6) is 1.55. The highest BCUT2D eigenvalue weighted by atomic mass is 32.1. The van der Waals surface area contributed by atoms with Crippen LogP contribution in [-0.2, 0) is 0 Å². The van der Waals surface area contributed by atoms with Gasteiger partial charge in [-0.25, -0.2) is 0 Å². The fourth-order valence-corrected chi connectivity index (χ4v) is 3.14. The Hall–Kier alpha value is -2.01. The lowest BCUT2D eigenvalue weighted by Crippen LogP contribution is -1.88. The fourth-order valence-electron chi connectivity index (χ4n) is 2.22. The summed E-state index contributed by atoms with van der Waals surface area (Å²) in [6.07, 6.45) is 0. The topological polar surface area (TPSA) is 48.7 Å². The SMILES string of the molecule is COc1c2ccsc2c(OC)c2cc(C(C)=O)oc12. The van der Waals surface area contributed by atoms with Gasteiger partial charge in [-0.05, 0) is 17.5 Å². The zero-order valence-corrected chi connectivity index (χ0v) is 11.6. The normalized spacial score (nSPS) is 11.1. The van der Waals surface area contributed by atoms with Gasteiger partial charge in [0.25, 0.3) is 0 Å². The van der Waals surface area contributed by atoms with Crippen LogP contribution in [0.5, 0.6) is 11.5 Å². The van der Waals surface area contributed by atoms with Gasteiger partial charge >= 0.3 is 0 Å². The highest BCUT2D eigenvalue weighted by Gasteiger charge is 2.21. The molecule has 98 valence electrons. The van der Waals surface area contributed by atoms with E-state index in [1.807, 2.05) is 11.4 Å². The Morgan fingerprint density at radius 2 is 1.95 bits per heavy atom. The van der Waals surface area contributed by atoms with Gasteiger partial charge in [0.05, 0.1) is 24.3 Å². The standard InChI is InChI=1S/C14H12O4S/c1-7(15)10-6-9-12(18-10)11(16-2)8-4-5-19-14(8)13(9)17-3/h4-6H,1-3H3. The van der Waals surface area contributed by atoms with Crippen molar-refractivity contribution >= 4 is 38.2 Å². The molecule has 3 rings (SSSR count). The van der Waals surface area contributed by atoms with Crippen molar-refractivity contribution in [2.45, 2.75) is 6.92 Å². The number of methoxy groups -OCH3 is 2. The summed E-state index contributed by atoms with van der Waals surface area (Å²) >= 11 is 1.57. The molecule has 1 aromatic carbocycles. The summed E-state index contributed by atoms with van der Waals surface area (Å²) < 4.78 is 17.5. The number of ketones is 1. The highest BCUT2D eigenvalue weighted by molar-refractivity contribution is 7.17. The van der Waals surface area contributed by atoms with E-state index in [-0.39, 0.29) is 5.78 Å². The van der Waals surface area contributed by atoms with Gasteiger partial charge in [0.15, 0.2) is 22.9 Å². The Balaban J connectivity index is 2.52. The number of hydrogen-bond donors (Lipinski definition) is 0. The quantitative estimate of drug-likeness (QED) is 0.681. The third-order valence-electron chi connectivity index (χ3n) is 3.05. The molecule has 4 nitrogen and oxygen atoms in total.